The van der Waals surface area contributed by atoms with Crippen molar-refractivity contribution in [2.45, 2.75) is 44.0 Å². The van der Waals surface area contributed by atoms with Crippen LogP contribution in [0.2, 0.25) is 5.02 Å². The molecular formula is C32H29ClFN9O7S2. The molecule has 7 N–H and O–H groups in total. The summed E-state index contributed by atoms with van der Waals surface area (Å²) in [6.07, 6.45) is 5.25. The molecule has 2 aliphatic rings. The van der Waals surface area contributed by atoms with Gasteiger partial charge < -0.3 is 41.2 Å². The van der Waals surface area contributed by atoms with E-state index in [2.05, 4.69) is 15.5 Å². The summed E-state index contributed by atoms with van der Waals surface area (Å²) in [6.45, 7) is 2.65. The van der Waals surface area contributed by atoms with Crippen LogP contribution in [0.25, 0.3) is 10.9 Å². The van der Waals surface area contributed by atoms with E-state index in [1.807, 2.05) is 0 Å². The molecular weight excluding hydrogens is 741 g/mol. The Labute approximate surface area is 307 Å². The number of benzene rings is 1. The lowest BCUT2D eigenvalue weighted by Gasteiger charge is -2.50. The highest BCUT2D eigenvalue weighted by Crippen LogP contribution is 2.40. The maximum absolute atomic E-state index is 14.9. The van der Waals surface area contributed by atoms with E-state index in [0.717, 1.165) is 33.2 Å². The highest BCUT2D eigenvalue weighted by atomic mass is 35.5. The second kappa shape index (κ2) is 13.9. The standard InChI is InChI=1S/C32H29ClFN9O7S2/c1-32(2,30(48)49)50-40-22(20-13-52-31(37)38-20)26(44)39-23-27(45)43-24(29(46)47)16(12-51-28(23)43)10-41-5-4-21-14(9-41)3-6-42(21)11-17-18(33)7-15(25(35)36)8-19(17)34/h3-9,13,23,28H,10-12H2,1-2H3,(H7-,35,36,37,38,39,44,46,47,48,49)/t23-,28-/m1/s1. The molecule has 5 heterocycles. The van der Waals surface area contributed by atoms with Crippen molar-refractivity contribution in [2.75, 3.05) is 11.5 Å². The Morgan fingerprint density at radius 2 is 2.08 bits per heavy atom. The first kappa shape index (κ1) is 36.3. The van der Waals surface area contributed by atoms with Gasteiger partial charge in [0.1, 0.15) is 28.8 Å². The van der Waals surface area contributed by atoms with Crippen molar-refractivity contribution in [3.8, 4) is 0 Å². The lowest BCUT2D eigenvalue weighted by atomic mass is 10.0. The number of fused-ring (bicyclic) bond motifs is 2. The van der Waals surface area contributed by atoms with Gasteiger partial charge in [-0.2, -0.15) is 0 Å². The Hall–Kier alpha value is -5.53. The molecule has 1 saturated heterocycles. The molecule has 16 nitrogen and oxygen atoms in total. The number of aliphatic carboxylic acids is 2. The molecule has 2 amide bonds. The summed E-state index contributed by atoms with van der Waals surface area (Å²) in [4.78, 5) is 60.9. The van der Waals surface area contributed by atoms with E-state index in [1.165, 1.54) is 37.1 Å². The number of carboxylic acids is 2. The summed E-state index contributed by atoms with van der Waals surface area (Å²) < 4.78 is 18.4. The summed E-state index contributed by atoms with van der Waals surface area (Å²) in [5.74, 6) is -5.25. The molecule has 0 unspecified atom stereocenters. The van der Waals surface area contributed by atoms with Crippen molar-refractivity contribution in [2.24, 2.45) is 10.9 Å². The number of thiazole rings is 1. The van der Waals surface area contributed by atoms with Gasteiger partial charge in [0.2, 0.25) is 5.60 Å². The molecule has 2 aliphatic heterocycles. The number of nitrogens with one attached hydrogen (secondary N) is 2. The first-order chi connectivity index (χ1) is 24.5. The monoisotopic (exact) mass is 769 g/mol. The van der Waals surface area contributed by atoms with Crippen LogP contribution in [0.3, 0.4) is 0 Å². The van der Waals surface area contributed by atoms with Gasteiger partial charge in [-0.15, -0.1) is 23.1 Å². The van der Waals surface area contributed by atoms with Gasteiger partial charge in [-0.05, 0) is 32.0 Å². The van der Waals surface area contributed by atoms with Crippen molar-refractivity contribution in [1.29, 1.82) is 5.41 Å². The minimum atomic E-state index is -1.80. The number of β-lactam (4-membered cyclic amide) rings is 1. The zero-order valence-corrected chi connectivity index (χ0v) is 29.6. The number of hydrogen-bond donors (Lipinski definition) is 5. The fourth-order valence-corrected chi connectivity index (χ4v) is 7.68. The number of carboxylic acid groups (broad SMARTS) is 2. The highest BCUT2D eigenvalue weighted by molar-refractivity contribution is 8.00. The van der Waals surface area contributed by atoms with E-state index in [9.17, 15) is 33.8 Å². The molecule has 6 rings (SSSR count). The lowest BCUT2D eigenvalue weighted by Crippen LogP contribution is -2.71. The minimum Gasteiger partial charge on any atom is -0.543 e. The quantitative estimate of drug-likeness (QED) is 0.0443. The first-order valence-corrected chi connectivity index (χ1v) is 17.6. The maximum Gasteiger partial charge on any atom is 0.350 e. The van der Waals surface area contributed by atoms with Crippen LogP contribution in [0.4, 0.5) is 9.52 Å². The second-order valence-electron chi connectivity index (χ2n) is 12.3. The van der Waals surface area contributed by atoms with Crippen LogP contribution in [-0.4, -0.2) is 77.6 Å². The van der Waals surface area contributed by atoms with Crippen LogP contribution in [0, 0.1) is 11.2 Å². The van der Waals surface area contributed by atoms with E-state index in [0.29, 0.717) is 5.57 Å². The molecule has 0 radical (unpaired) electrons. The number of rotatable bonds is 12. The fourth-order valence-electron chi connectivity index (χ4n) is 5.53. The van der Waals surface area contributed by atoms with E-state index in [-0.39, 0.29) is 57.4 Å². The number of pyridine rings is 1. The smallest absolute Gasteiger partial charge is 0.350 e. The summed E-state index contributed by atoms with van der Waals surface area (Å²) >= 11 is 8.55. The third-order valence-corrected chi connectivity index (χ3v) is 10.7. The molecule has 4 aromatic rings. The number of hydrogen-bond acceptors (Lipinski definition) is 12. The van der Waals surface area contributed by atoms with E-state index < -0.39 is 52.3 Å². The van der Waals surface area contributed by atoms with Gasteiger partial charge in [-0.3, -0.25) is 19.9 Å². The molecule has 0 aliphatic carbocycles. The third-order valence-electron chi connectivity index (χ3n) is 8.31. The molecule has 0 saturated carbocycles. The number of nitrogen functional groups attached to an aromatic ring is 2. The fraction of sp³-hybridized carbons (Fsp3) is 0.250. The molecule has 2 atom stereocenters. The van der Waals surface area contributed by atoms with Crippen molar-refractivity contribution in [3.63, 3.8) is 0 Å². The normalized spacial score (nSPS) is 17.5. The van der Waals surface area contributed by atoms with Gasteiger partial charge >= 0.3 is 5.97 Å². The predicted molar refractivity (Wildman–Crippen MR) is 187 cm³/mol. The molecule has 52 heavy (non-hydrogen) atoms. The number of thioether (sulfide) groups is 1. The summed E-state index contributed by atoms with van der Waals surface area (Å²) in [5, 5.41) is 37.2. The number of aromatic nitrogens is 3. The molecule has 0 bridgehead atoms. The molecule has 1 fully saturated rings. The zero-order valence-electron chi connectivity index (χ0n) is 27.3. The molecule has 1 aromatic carbocycles. The number of oxime groups is 1. The minimum absolute atomic E-state index is 0.0117. The number of anilines is 1. The average Bonchev–Trinajstić information content (AvgIpc) is 3.69. The van der Waals surface area contributed by atoms with Crippen molar-refractivity contribution in [1.82, 2.24) is 19.8 Å². The Morgan fingerprint density at radius 1 is 1.33 bits per heavy atom. The van der Waals surface area contributed by atoms with Crippen LogP contribution in [-0.2, 0) is 37.1 Å². The van der Waals surface area contributed by atoms with Gasteiger partial charge in [-0.1, -0.05) is 16.8 Å². The van der Waals surface area contributed by atoms with Gasteiger partial charge in [0.05, 0.1) is 29.1 Å². The Bertz CT molecular complexity index is 2230. The summed E-state index contributed by atoms with van der Waals surface area (Å²) in [6, 6.07) is 5.02. The second-order valence-corrected chi connectivity index (χ2v) is 14.7. The molecule has 20 heteroatoms. The van der Waals surface area contributed by atoms with Gasteiger partial charge in [0.25, 0.3) is 11.8 Å². The highest BCUT2D eigenvalue weighted by Gasteiger charge is 2.53. The van der Waals surface area contributed by atoms with Crippen molar-refractivity contribution >= 4 is 86.0 Å². The Morgan fingerprint density at radius 3 is 2.71 bits per heavy atom. The molecule has 0 spiro atoms. The van der Waals surface area contributed by atoms with Gasteiger partial charge in [0.15, 0.2) is 29.8 Å². The number of carbonyl (C=O) groups excluding carboxylic acids is 3. The maximum atomic E-state index is 14.9. The average molecular weight is 770 g/mol. The topological polar surface area (TPSA) is 246 Å². The van der Waals surface area contributed by atoms with E-state index >= 15 is 0 Å². The number of carbonyl (C=O) groups is 4. The summed E-state index contributed by atoms with van der Waals surface area (Å²) in [5.41, 5.74) is 10.2. The number of amidine groups is 1. The zero-order chi connectivity index (χ0) is 37.6. The largest absolute Gasteiger partial charge is 0.543 e. The van der Waals surface area contributed by atoms with Crippen LogP contribution in [0.15, 0.2) is 64.7 Å². The number of amides is 2. The third kappa shape index (κ3) is 6.89. The van der Waals surface area contributed by atoms with Gasteiger partial charge in [-0.25, -0.2) is 18.7 Å². The van der Waals surface area contributed by atoms with Crippen LogP contribution >= 0.6 is 34.7 Å². The molecule has 3 aromatic heterocycles. The lowest BCUT2D eigenvalue weighted by molar-refractivity contribution is -0.687. The van der Waals surface area contributed by atoms with Crippen LogP contribution in [0.5, 0.6) is 0 Å². The summed E-state index contributed by atoms with van der Waals surface area (Å²) in [7, 11) is 0. The number of nitrogens with two attached hydrogens (primary N) is 2. The van der Waals surface area contributed by atoms with E-state index in [1.54, 1.807) is 39.9 Å². The van der Waals surface area contributed by atoms with Crippen molar-refractivity contribution < 1.29 is 43.2 Å². The Kier molecular flexibility index (Phi) is 9.69. The van der Waals surface area contributed by atoms with Gasteiger partial charge in [0, 0.05) is 45.1 Å². The van der Waals surface area contributed by atoms with Crippen molar-refractivity contribution in [3.05, 3.63) is 87.2 Å². The number of nitrogens with zero attached hydrogens (tertiary/aromatic N) is 5. The van der Waals surface area contributed by atoms with Crippen LogP contribution in [0.1, 0.15) is 30.7 Å². The Balaban J connectivity index is 1.19. The number of halogens is 2. The van der Waals surface area contributed by atoms with Crippen LogP contribution < -0.4 is 26.5 Å². The van der Waals surface area contributed by atoms with E-state index in [4.69, 9.17) is 33.3 Å². The first-order valence-electron chi connectivity index (χ1n) is 15.3. The SMILES string of the molecule is CC(C)(ON=C(C(=O)N[C@@H]1C(=O)N2C(C(=O)[O-])=C(C[n+]3ccc4c(ccn4Cc4c(F)cc(C(=N)N)cc4Cl)c3)CS[C@H]12)c1csc(N)n1)C(=O)O. The predicted octanol–water partition coefficient (Wildman–Crippen LogP) is 0.780. The molecule has 270 valence electrons.